The van der Waals surface area contributed by atoms with Gasteiger partial charge in [-0.25, -0.2) is 4.68 Å². The van der Waals surface area contributed by atoms with E-state index in [9.17, 15) is 0 Å². The molecule has 0 radical (unpaired) electrons. The number of hydrogen-bond donors (Lipinski definition) is 2. The molecular weight excluding hydrogens is 330 g/mol. The van der Waals surface area contributed by atoms with E-state index < -0.39 is 0 Å². The minimum atomic E-state index is 0.157. The van der Waals surface area contributed by atoms with E-state index >= 15 is 0 Å². The van der Waals surface area contributed by atoms with Crippen LogP contribution in [0.1, 0.15) is 26.3 Å². The predicted octanol–water partition coefficient (Wildman–Crippen LogP) is 3.11. The zero-order valence-corrected chi connectivity index (χ0v) is 16.4. The van der Waals surface area contributed by atoms with Crippen molar-refractivity contribution in [3.05, 3.63) is 48.3 Å². The van der Waals surface area contributed by atoms with Crippen LogP contribution in [0.2, 0.25) is 0 Å². The quantitative estimate of drug-likeness (QED) is 0.562. The van der Waals surface area contributed by atoms with Crippen molar-refractivity contribution in [2.75, 3.05) is 25.9 Å². The molecule has 1 aromatic carbocycles. The van der Waals surface area contributed by atoms with Crippen LogP contribution in [-0.4, -0.2) is 46.4 Å². The monoisotopic (exact) mass is 359 g/mol. The molecule has 0 bridgehead atoms. The molecule has 0 amide bonds. The van der Waals surface area contributed by atoms with Crippen molar-refractivity contribution in [1.29, 1.82) is 0 Å². The Morgan fingerprint density at radius 3 is 2.60 bits per heavy atom. The summed E-state index contributed by atoms with van der Waals surface area (Å²) >= 11 is 1.84. The van der Waals surface area contributed by atoms with Crippen molar-refractivity contribution >= 4 is 17.7 Å². The first-order valence-electron chi connectivity index (χ1n) is 8.70. The fourth-order valence-corrected chi connectivity index (χ4v) is 2.43. The van der Waals surface area contributed by atoms with Gasteiger partial charge >= 0.3 is 0 Å². The Bertz CT molecular complexity index is 647. The van der Waals surface area contributed by atoms with Crippen molar-refractivity contribution in [1.82, 2.24) is 20.4 Å². The van der Waals surface area contributed by atoms with E-state index in [1.807, 2.05) is 28.7 Å². The molecule has 2 aromatic rings. The summed E-state index contributed by atoms with van der Waals surface area (Å²) in [5, 5.41) is 11.0. The summed E-state index contributed by atoms with van der Waals surface area (Å²) in [4.78, 5) is 4.70. The minimum absolute atomic E-state index is 0.157. The third kappa shape index (κ3) is 6.46. The van der Waals surface area contributed by atoms with Crippen LogP contribution in [-0.2, 0) is 6.42 Å². The summed E-state index contributed by atoms with van der Waals surface area (Å²) in [6, 6.07) is 10.4. The van der Waals surface area contributed by atoms with Crippen LogP contribution in [0, 0.1) is 0 Å². The molecule has 6 heteroatoms. The van der Waals surface area contributed by atoms with Gasteiger partial charge in [0.1, 0.15) is 0 Å². The summed E-state index contributed by atoms with van der Waals surface area (Å²) in [7, 11) is 0. The van der Waals surface area contributed by atoms with E-state index in [0.717, 1.165) is 37.7 Å². The zero-order valence-electron chi connectivity index (χ0n) is 15.6. The molecule has 2 rings (SSSR count). The molecule has 1 aromatic heterocycles. The SMILES string of the molecule is CCNC(=NCC(C)(C)SC)NCCc1ccc(-n2cccn2)cc1. The fraction of sp³-hybridized carbons (Fsp3) is 0.474. The number of hydrogen-bond acceptors (Lipinski definition) is 3. The van der Waals surface area contributed by atoms with Crippen LogP contribution in [0.5, 0.6) is 0 Å². The topological polar surface area (TPSA) is 54.2 Å². The van der Waals surface area contributed by atoms with Gasteiger partial charge in [-0.2, -0.15) is 16.9 Å². The normalized spacial score (nSPS) is 12.2. The Morgan fingerprint density at radius 1 is 1.24 bits per heavy atom. The van der Waals surface area contributed by atoms with E-state index in [4.69, 9.17) is 4.99 Å². The third-order valence-corrected chi connectivity index (χ3v) is 5.16. The van der Waals surface area contributed by atoms with E-state index in [-0.39, 0.29) is 4.75 Å². The van der Waals surface area contributed by atoms with Gasteiger partial charge in [0.25, 0.3) is 0 Å². The Morgan fingerprint density at radius 2 is 2.00 bits per heavy atom. The van der Waals surface area contributed by atoms with E-state index in [1.165, 1.54) is 5.56 Å². The molecule has 0 saturated carbocycles. The Labute approximate surface area is 155 Å². The van der Waals surface area contributed by atoms with Gasteiger partial charge in [-0.1, -0.05) is 12.1 Å². The summed E-state index contributed by atoms with van der Waals surface area (Å²) in [5.41, 5.74) is 2.37. The van der Waals surface area contributed by atoms with Crippen LogP contribution in [0.15, 0.2) is 47.7 Å². The Hall–Kier alpha value is -1.95. The van der Waals surface area contributed by atoms with Crippen LogP contribution in [0.25, 0.3) is 5.69 Å². The van der Waals surface area contributed by atoms with Gasteiger partial charge in [0.2, 0.25) is 0 Å². The first-order chi connectivity index (χ1) is 12.0. The van der Waals surface area contributed by atoms with Crippen molar-refractivity contribution in [2.24, 2.45) is 4.99 Å². The van der Waals surface area contributed by atoms with Crippen molar-refractivity contribution in [3.8, 4) is 5.69 Å². The molecule has 25 heavy (non-hydrogen) atoms. The summed E-state index contributed by atoms with van der Waals surface area (Å²) < 4.78 is 2.02. The molecule has 0 unspecified atom stereocenters. The average molecular weight is 360 g/mol. The first-order valence-corrected chi connectivity index (χ1v) is 9.93. The molecule has 2 N–H and O–H groups in total. The third-order valence-electron chi connectivity index (χ3n) is 3.93. The second-order valence-electron chi connectivity index (χ2n) is 6.45. The lowest BCUT2D eigenvalue weighted by Crippen LogP contribution is -2.39. The van der Waals surface area contributed by atoms with Gasteiger partial charge in [0, 0.05) is 30.2 Å². The molecule has 0 fully saturated rings. The molecule has 0 saturated heterocycles. The number of guanidine groups is 1. The second-order valence-corrected chi connectivity index (χ2v) is 7.97. The smallest absolute Gasteiger partial charge is 0.191 e. The number of nitrogens with zero attached hydrogens (tertiary/aromatic N) is 3. The molecule has 0 aliphatic carbocycles. The van der Waals surface area contributed by atoms with Gasteiger partial charge in [-0.15, -0.1) is 0 Å². The largest absolute Gasteiger partial charge is 0.357 e. The maximum atomic E-state index is 4.70. The molecule has 0 spiro atoms. The molecule has 0 atom stereocenters. The van der Waals surface area contributed by atoms with Crippen LogP contribution >= 0.6 is 11.8 Å². The van der Waals surface area contributed by atoms with E-state index in [0.29, 0.717) is 0 Å². The highest BCUT2D eigenvalue weighted by atomic mass is 32.2. The van der Waals surface area contributed by atoms with Crippen molar-refractivity contribution < 1.29 is 0 Å². The molecule has 136 valence electrons. The number of aliphatic imine (C=N–C) groups is 1. The molecule has 0 aliphatic rings. The number of thioether (sulfide) groups is 1. The molecule has 5 nitrogen and oxygen atoms in total. The first kappa shape index (κ1) is 19.4. The highest BCUT2D eigenvalue weighted by molar-refractivity contribution is 7.99. The van der Waals surface area contributed by atoms with Crippen molar-refractivity contribution in [3.63, 3.8) is 0 Å². The average Bonchev–Trinajstić information content (AvgIpc) is 3.15. The summed E-state index contributed by atoms with van der Waals surface area (Å²) in [6.45, 7) is 9.03. The number of nitrogens with one attached hydrogen (secondary N) is 2. The second kappa shape index (κ2) is 9.51. The van der Waals surface area contributed by atoms with Gasteiger partial charge < -0.3 is 10.6 Å². The van der Waals surface area contributed by atoms with Gasteiger partial charge in [0.05, 0.1) is 12.2 Å². The van der Waals surface area contributed by atoms with Crippen molar-refractivity contribution in [2.45, 2.75) is 31.9 Å². The maximum Gasteiger partial charge on any atom is 0.191 e. The molecular formula is C19H29N5S. The fourth-order valence-electron chi connectivity index (χ4n) is 2.24. The summed E-state index contributed by atoms with van der Waals surface area (Å²) in [5.74, 6) is 0.887. The van der Waals surface area contributed by atoms with Crippen LogP contribution < -0.4 is 10.6 Å². The Kier molecular flexibility index (Phi) is 7.37. The lowest BCUT2D eigenvalue weighted by molar-refractivity contribution is 0.710. The lowest BCUT2D eigenvalue weighted by atomic mass is 10.1. The van der Waals surface area contributed by atoms with Gasteiger partial charge in [-0.3, -0.25) is 4.99 Å². The van der Waals surface area contributed by atoms with E-state index in [1.54, 1.807) is 6.20 Å². The predicted molar refractivity (Wildman–Crippen MR) is 109 cm³/mol. The zero-order chi connectivity index (χ0) is 18.1. The molecule has 0 aliphatic heterocycles. The number of benzene rings is 1. The Balaban J connectivity index is 1.85. The molecule has 1 heterocycles. The maximum absolute atomic E-state index is 4.70. The highest BCUT2D eigenvalue weighted by Crippen LogP contribution is 2.20. The van der Waals surface area contributed by atoms with Crippen LogP contribution in [0.4, 0.5) is 0 Å². The number of aromatic nitrogens is 2. The minimum Gasteiger partial charge on any atom is -0.357 e. The van der Waals surface area contributed by atoms with Gasteiger partial charge in [-0.05, 0) is 57.2 Å². The highest BCUT2D eigenvalue weighted by Gasteiger charge is 2.15. The standard InChI is InChI=1S/C19H29N5S/c1-5-20-18(22-15-19(2,3)25-4)21-13-11-16-7-9-17(10-8-16)24-14-6-12-23-24/h6-10,12,14H,5,11,13,15H2,1-4H3,(H2,20,21,22). The number of rotatable bonds is 8. The van der Waals surface area contributed by atoms with Gasteiger partial charge in [0.15, 0.2) is 5.96 Å². The van der Waals surface area contributed by atoms with Crippen LogP contribution in [0.3, 0.4) is 0 Å². The summed E-state index contributed by atoms with van der Waals surface area (Å²) in [6.07, 6.45) is 6.82. The van der Waals surface area contributed by atoms with E-state index in [2.05, 4.69) is 67.0 Å². The lowest BCUT2D eigenvalue weighted by Gasteiger charge is -2.20.